The molecule has 7 nitrogen and oxygen atoms in total. The van der Waals surface area contributed by atoms with E-state index in [1.807, 2.05) is 4.72 Å². The number of benzene rings is 2. The SMILES string of the molecule is N=[N+]=Nc1ccc(S(=O)(=O)NC(=O)c2ccccc2)cc1. The molecule has 1 amide bonds. The van der Waals surface area contributed by atoms with Gasteiger partial charge in [0.15, 0.2) is 10.8 Å². The number of nitrogens with one attached hydrogen (secondary N) is 2. The minimum atomic E-state index is -3.96. The molecule has 0 atom stereocenters. The zero-order valence-corrected chi connectivity index (χ0v) is 11.5. The van der Waals surface area contributed by atoms with E-state index in [0.29, 0.717) is 5.69 Å². The molecule has 106 valence electrons. The van der Waals surface area contributed by atoms with Crippen LogP contribution in [0.15, 0.2) is 64.6 Å². The van der Waals surface area contributed by atoms with E-state index >= 15 is 0 Å². The molecule has 2 rings (SSSR count). The molecule has 8 heteroatoms. The normalized spacial score (nSPS) is 10.5. The van der Waals surface area contributed by atoms with E-state index in [1.165, 1.54) is 36.4 Å². The van der Waals surface area contributed by atoms with Gasteiger partial charge in [0.25, 0.3) is 15.9 Å². The zero-order valence-electron chi connectivity index (χ0n) is 10.7. The van der Waals surface area contributed by atoms with E-state index < -0.39 is 15.9 Å². The van der Waals surface area contributed by atoms with Gasteiger partial charge in [0.2, 0.25) is 4.91 Å². The van der Waals surface area contributed by atoms with Crippen LogP contribution in [0.4, 0.5) is 5.69 Å². The standard InChI is InChI=1S/C13H10N4O3S/c14-17-15-11-6-8-12(9-7-11)21(19,20)16-13(18)10-4-2-1-3-5-10/h1-9,14H/p+1. The third kappa shape index (κ3) is 3.59. The maximum absolute atomic E-state index is 12.1. The van der Waals surface area contributed by atoms with Crippen molar-refractivity contribution in [2.45, 2.75) is 4.90 Å². The first-order valence-electron chi connectivity index (χ1n) is 5.82. The summed E-state index contributed by atoms with van der Waals surface area (Å²) in [7, 11) is -3.96. The Hall–Kier alpha value is -2.83. The summed E-state index contributed by atoms with van der Waals surface area (Å²) in [6.45, 7) is 0. The van der Waals surface area contributed by atoms with Gasteiger partial charge in [0.05, 0.1) is 4.90 Å². The fourth-order valence-corrected chi connectivity index (χ4v) is 2.55. The molecule has 0 unspecified atom stereocenters. The number of hydrogen-bond donors (Lipinski definition) is 2. The lowest BCUT2D eigenvalue weighted by atomic mass is 10.2. The maximum atomic E-state index is 12.1. The Bertz CT molecular complexity index is 795. The third-order valence-corrected chi connectivity index (χ3v) is 3.92. The maximum Gasteiger partial charge on any atom is 0.264 e. The summed E-state index contributed by atoms with van der Waals surface area (Å²) in [6.07, 6.45) is 0. The topological polar surface area (TPSA) is 114 Å². The first-order chi connectivity index (χ1) is 10.0. The van der Waals surface area contributed by atoms with E-state index in [1.54, 1.807) is 18.2 Å². The Labute approximate surface area is 120 Å². The molecule has 0 heterocycles. The molecule has 21 heavy (non-hydrogen) atoms. The molecule has 0 saturated carbocycles. The second kappa shape index (κ2) is 6.08. The Morgan fingerprint density at radius 1 is 1.05 bits per heavy atom. The van der Waals surface area contributed by atoms with Gasteiger partial charge in [0, 0.05) is 5.56 Å². The quantitative estimate of drug-likeness (QED) is 0.665. The van der Waals surface area contributed by atoms with E-state index in [0.717, 1.165) is 0 Å². The Kier molecular flexibility index (Phi) is 4.22. The van der Waals surface area contributed by atoms with Crippen molar-refractivity contribution in [1.29, 1.82) is 5.53 Å². The monoisotopic (exact) mass is 303 g/mol. The summed E-state index contributed by atoms with van der Waals surface area (Å²) in [4.78, 5) is 14.6. The van der Waals surface area contributed by atoms with E-state index in [4.69, 9.17) is 5.53 Å². The number of hydrogen-bond acceptors (Lipinski definition) is 5. The van der Waals surface area contributed by atoms with Crippen LogP contribution in [0.2, 0.25) is 0 Å². The molecule has 2 N–H and O–H groups in total. The highest BCUT2D eigenvalue weighted by Gasteiger charge is 2.18. The molecule has 0 fully saturated rings. The van der Waals surface area contributed by atoms with Crippen molar-refractivity contribution in [3.63, 3.8) is 0 Å². The van der Waals surface area contributed by atoms with Gasteiger partial charge in [-0.05, 0) is 36.4 Å². The lowest BCUT2D eigenvalue weighted by Gasteiger charge is -2.06. The van der Waals surface area contributed by atoms with Crippen LogP contribution in [0.25, 0.3) is 0 Å². The molecule has 0 aliphatic carbocycles. The molecule has 2 aromatic carbocycles. The largest absolute Gasteiger partial charge is 0.268 e. The number of carbonyl (C=O) groups is 1. The predicted octanol–water partition coefficient (Wildman–Crippen LogP) is 1.99. The molecular formula is C13H11N4O3S+. The molecule has 0 aromatic heterocycles. The van der Waals surface area contributed by atoms with E-state index in [-0.39, 0.29) is 10.5 Å². The fourth-order valence-electron chi connectivity index (χ4n) is 1.58. The van der Waals surface area contributed by atoms with E-state index in [9.17, 15) is 13.2 Å². The van der Waals surface area contributed by atoms with Crippen molar-refractivity contribution in [3.8, 4) is 0 Å². The van der Waals surface area contributed by atoms with Crippen molar-refractivity contribution in [3.05, 3.63) is 60.2 Å². The zero-order chi connectivity index (χ0) is 15.3. The minimum Gasteiger partial charge on any atom is -0.268 e. The third-order valence-electron chi connectivity index (χ3n) is 2.58. The van der Waals surface area contributed by atoms with Crippen LogP contribution < -0.4 is 9.63 Å². The predicted molar refractivity (Wildman–Crippen MR) is 74.5 cm³/mol. The van der Waals surface area contributed by atoms with Gasteiger partial charge in [-0.25, -0.2) is 13.1 Å². The fraction of sp³-hybridized carbons (Fsp3) is 0. The minimum absolute atomic E-state index is 0.0734. The van der Waals surface area contributed by atoms with Crippen LogP contribution in [-0.4, -0.2) is 14.3 Å². The summed E-state index contributed by atoms with van der Waals surface area (Å²) in [6, 6.07) is 13.4. The molecule has 0 radical (unpaired) electrons. The van der Waals surface area contributed by atoms with Crippen molar-refractivity contribution in [1.82, 2.24) is 9.63 Å². The summed E-state index contributed by atoms with van der Waals surface area (Å²) >= 11 is 0. The smallest absolute Gasteiger partial charge is 0.264 e. The average Bonchev–Trinajstić information content (AvgIpc) is 2.48. The van der Waals surface area contributed by atoms with Crippen molar-refractivity contribution >= 4 is 21.6 Å². The van der Waals surface area contributed by atoms with Crippen LogP contribution in [0.3, 0.4) is 0 Å². The van der Waals surface area contributed by atoms with Crippen LogP contribution in [-0.2, 0) is 10.0 Å². The number of sulfonamides is 1. The van der Waals surface area contributed by atoms with Crippen LogP contribution in [0.5, 0.6) is 0 Å². The molecule has 0 aliphatic rings. The molecule has 0 saturated heterocycles. The van der Waals surface area contributed by atoms with Crippen LogP contribution in [0.1, 0.15) is 10.4 Å². The van der Waals surface area contributed by atoms with Gasteiger partial charge < -0.3 is 0 Å². The number of nitrogens with zero attached hydrogens (tertiary/aromatic N) is 2. The Morgan fingerprint density at radius 3 is 2.24 bits per heavy atom. The Morgan fingerprint density at radius 2 is 1.67 bits per heavy atom. The van der Waals surface area contributed by atoms with Crippen molar-refractivity contribution in [2.24, 2.45) is 5.11 Å². The number of amides is 1. The summed E-state index contributed by atoms with van der Waals surface area (Å²) < 4.78 is 26.1. The molecule has 0 bridgehead atoms. The molecule has 2 aromatic rings. The van der Waals surface area contributed by atoms with Crippen LogP contribution >= 0.6 is 0 Å². The number of rotatable bonds is 4. The average molecular weight is 303 g/mol. The van der Waals surface area contributed by atoms with Gasteiger partial charge in [0.1, 0.15) is 5.53 Å². The first kappa shape index (κ1) is 14.6. The van der Waals surface area contributed by atoms with Crippen molar-refractivity contribution in [2.75, 3.05) is 0 Å². The number of carbonyl (C=O) groups excluding carboxylic acids is 1. The highest BCUT2D eigenvalue weighted by atomic mass is 32.2. The first-order valence-corrected chi connectivity index (χ1v) is 7.31. The van der Waals surface area contributed by atoms with Crippen LogP contribution in [0, 0.1) is 5.53 Å². The molecular weight excluding hydrogens is 292 g/mol. The van der Waals surface area contributed by atoms with Gasteiger partial charge in [-0.15, -0.1) is 0 Å². The van der Waals surface area contributed by atoms with Gasteiger partial charge in [-0.1, -0.05) is 18.2 Å². The Balaban J connectivity index is 2.22. The van der Waals surface area contributed by atoms with E-state index in [2.05, 4.69) is 10.0 Å². The summed E-state index contributed by atoms with van der Waals surface area (Å²) in [5.41, 5.74) is 7.18. The van der Waals surface area contributed by atoms with Gasteiger partial charge in [-0.2, -0.15) is 0 Å². The van der Waals surface area contributed by atoms with Gasteiger partial charge in [-0.3, -0.25) is 4.79 Å². The molecule has 0 aliphatic heterocycles. The lowest BCUT2D eigenvalue weighted by Crippen LogP contribution is -2.30. The highest BCUT2D eigenvalue weighted by Crippen LogP contribution is 2.16. The molecule has 0 spiro atoms. The second-order valence-corrected chi connectivity index (χ2v) is 5.68. The second-order valence-electron chi connectivity index (χ2n) is 3.99. The summed E-state index contributed by atoms with van der Waals surface area (Å²) in [5.74, 6) is -0.703. The van der Waals surface area contributed by atoms with Crippen molar-refractivity contribution < 1.29 is 13.2 Å². The van der Waals surface area contributed by atoms with Gasteiger partial charge >= 0.3 is 0 Å². The highest BCUT2D eigenvalue weighted by molar-refractivity contribution is 7.90. The lowest BCUT2D eigenvalue weighted by molar-refractivity contribution is 0.0981. The summed E-state index contributed by atoms with van der Waals surface area (Å²) in [5, 5.41) is 3.45.